The molecule has 27 heavy (non-hydrogen) atoms. The van der Waals surface area contributed by atoms with Gasteiger partial charge in [0.05, 0.1) is 23.9 Å². The molecule has 0 bridgehead atoms. The van der Waals surface area contributed by atoms with Crippen molar-refractivity contribution in [1.82, 2.24) is 14.4 Å². The molecule has 1 unspecified atom stereocenters. The zero-order chi connectivity index (χ0) is 19.8. The molecule has 0 aliphatic rings. The maximum Gasteiger partial charge on any atom is 0.418 e. The van der Waals surface area contributed by atoms with E-state index in [9.17, 15) is 18.0 Å². The van der Waals surface area contributed by atoms with Gasteiger partial charge in [-0.05, 0) is 30.7 Å². The van der Waals surface area contributed by atoms with Crippen LogP contribution in [0.4, 0.5) is 17.6 Å². The number of nitrogens with zero attached hydrogens (tertiary/aromatic N) is 3. The lowest BCUT2D eigenvalue weighted by atomic mass is 10.1. The highest BCUT2D eigenvalue weighted by molar-refractivity contribution is 5.90. The molecule has 0 amide bonds. The van der Waals surface area contributed by atoms with Gasteiger partial charge < -0.3 is 9.14 Å². The first-order valence-corrected chi connectivity index (χ1v) is 8.03. The van der Waals surface area contributed by atoms with Gasteiger partial charge in [0.1, 0.15) is 11.3 Å². The van der Waals surface area contributed by atoms with Gasteiger partial charge in [0.2, 0.25) is 0 Å². The lowest BCUT2D eigenvalue weighted by Crippen LogP contribution is -2.13. The number of carbonyl (C=O) groups is 1. The molecule has 3 aromatic rings. The number of methoxy groups -OCH3 is 1. The summed E-state index contributed by atoms with van der Waals surface area (Å²) in [5.74, 6) is -0.596. The van der Waals surface area contributed by atoms with Crippen LogP contribution in [-0.4, -0.2) is 27.4 Å². The van der Waals surface area contributed by atoms with Crippen LogP contribution >= 0.6 is 0 Å². The molecular weight excluding hydrogens is 366 g/mol. The predicted molar refractivity (Wildman–Crippen MR) is 88.1 cm³/mol. The molecule has 5 nitrogen and oxygen atoms in total. The van der Waals surface area contributed by atoms with Crippen LogP contribution in [0.1, 0.15) is 46.1 Å². The van der Waals surface area contributed by atoms with Gasteiger partial charge in [-0.2, -0.15) is 13.2 Å². The Morgan fingerprint density at radius 3 is 2.67 bits per heavy atom. The van der Waals surface area contributed by atoms with Crippen LogP contribution in [0.5, 0.6) is 0 Å². The maximum absolute atomic E-state index is 15.1. The number of carbonyl (C=O) groups excluding carboxylic acids is 1. The number of imidazole rings is 1. The van der Waals surface area contributed by atoms with Crippen LogP contribution < -0.4 is 0 Å². The Labute approximate surface area is 151 Å². The first-order valence-electron chi connectivity index (χ1n) is 8.03. The summed E-state index contributed by atoms with van der Waals surface area (Å²) in [5.41, 5.74) is -1.22. The first kappa shape index (κ1) is 18.8. The second-order valence-corrected chi connectivity index (χ2v) is 5.73. The third kappa shape index (κ3) is 3.36. The highest BCUT2D eigenvalue weighted by Crippen LogP contribution is 2.37. The fourth-order valence-corrected chi connectivity index (χ4v) is 2.90. The number of esters is 1. The van der Waals surface area contributed by atoms with E-state index in [-0.39, 0.29) is 16.9 Å². The van der Waals surface area contributed by atoms with E-state index in [0.717, 1.165) is 18.3 Å². The summed E-state index contributed by atoms with van der Waals surface area (Å²) in [7, 11) is 1.22. The lowest BCUT2D eigenvalue weighted by Gasteiger charge is -2.14. The number of fused-ring (bicyclic) bond motifs is 1. The summed E-state index contributed by atoms with van der Waals surface area (Å²) in [6, 6.07) is 4.75. The number of ether oxygens (including phenoxy) is 1. The van der Waals surface area contributed by atoms with Crippen molar-refractivity contribution in [2.75, 3.05) is 7.11 Å². The Morgan fingerprint density at radius 1 is 1.30 bits per heavy atom. The second kappa shape index (κ2) is 6.98. The number of aromatic nitrogens is 3. The number of pyridine rings is 2. The average Bonchev–Trinajstić information content (AvgIpc) is 3.03. The van der Waals surface area contributed by atoms with E-state index >= 15 is 4.39 Å². The molecule has 3 rings (SSSR count). The highest BCUT2D eigenvalue weighted by atomic mass is 19.4. The van der Waals surface area contributed by atoms with Crippen molar-refractivity contribution >= 4 is 11.6 Å². The van der Waals surface area contributed by atoms with Crippen molar-refractivity contribution in [2.45, 2.75) is 25.7 Å². The second-order valence-electron chi connectivity index (χ2n) is 5.73. The number of rotatable bonds is 4. The molecule has 0 saturated carbocycles. The third-order valence-electron chi connectivity index (χ3n) is 4.14. The van der Waals surface area contributed by atoms with Crippen molar-refractivity contribution in [1.29, 1.82) is 0 Å². The standard InChI is InChI=1S/C18H15F4N3O2/c1-3-12-16(14(19)15-11(18(20,21)22)5-4-7-23-15)24-13-9-10(17(26)27-2)6-8-25(12)13/h4-9,14H,3H2,1-2H3. The van der Waals surface area contributed by atoms with E-state index in [1.165, 1.54) is 29.8 Å². The Kier molecular flexibility index (Phi) is 4.86. The van der Waals surface area contributed by atoms with Gasteiger partial charge >= 0.3 is 12.1 Å². The molecule has 0 N–H and O–H groups in total. The van der Waals surface area contributed by atoms with E-state index in [1.54, 1.807) is 6.92 Å². The summed E-state index contributed by atoms with van der Waals surface area (Å²) in [5, 5.41) is 0. The van der Waals surface area contributed by atoms with Crippen molar-refractivity contribution in [3.05, 3.63) is 64.9 Å². The van der Waals surface area contributed by atoms with Crippen molar-refractivity contribution in [3.8, 4) is 0 Å². The molecule has 3 aromatic heterocycles. The summed E-state index contributed by atoms with van der Waals surface area (Å²) in [6.07, 6.45) is -3.97. The minimum atomic E-state index is -4.74. The van der Waals surface area contributed by atoms with E-state index in [1.807, 2.05) is 0 Å². The molecule has 9 heteroatoms. The number of halogens is 4. The van der Waals surface area contributed by atoms with Gasteiger partial charge in [-0.3, -0.25) is 4.98 Å². The van der Waals surface area contributed by atoms with E-state index in [2.05, 4.69) is 14.7 Å². The third-order valence-corrected chi connectivity index (χ3v) is 4.14. The number of aryl methyl sites for hydroxylation is 1. The Balaban J connectivity index is 2.15. The van der Waals surface area contributed by atoms with Crippen LogP contribution in [0, 0.1) is 0 Å². The van der Waals surface area contributed by atoms with Crippen LogP contribution in [-0.2, 0) is 17.3 Å². The molecule has 0 aliphatic carbocycles. The Morgan fingerprint density at radius 2 is 2.04 bits per heavy atom. The normalized spacial score (nSPS) is 13.0. The van der Waals surface area contributed by atoms with E-state index in [0.29, 0.717) is 12.1 Å². The SMILES string of the molecule is CCc1c(C(F)c2ncccc2C(F)(F)F)nc2cc(C(=O)OC)ccn12. The van der Waals surface area contributed by atoms with Gasteiger partial charge in [0.15, 0.2) is 6.17 Å². The minimum Gasteiger partial charge on any atom is -0.465 e. The molecule has 142 valence electrons. The van der Waals surface area contributed by atoms with Crippen molar-refractivity contribution in [3.63, 3.8) is 0 Å². The monoisotopic (exact) mass is 381 g/mol. The fourth-order valence-electron chi connectivity index (χ4n) is 2.90. The van der Waals surface area contributed by atoms with Gasteiger partial charge in [-0.1, -0.05) is 6.92 Å². The summed E-state index contributed by atoms with van der Waals surface area (Å²) < 4.78 is 60.9. The molecular formula is C18H15F4N3O2. The highest BCUT2D eigenvalue weighted by Gasteiger charge is 2.37. The van der Waals surface area contributed by atoms with Crippen LogP contribution in [0.3, 0.4) is 0 Å². The summed E-state index contributed by atoms with van der Waals surface area (Å²) in [4.78, 5) is 19.4. The topological polar surface area (TPSA) is 56.5 Å². The Hall–Kier alpha value is -2.97. The smallest absolute Gasteiger partial charge is 0.418 e. The lowest BCUT2D eigenvalue weighted by molar-refractivity contribution is -0.139. The van der Waals surface area contributed by atoms with Crippen molar-refractivity contribution in [2.24, 2.45) is 0 Å². The quantitative estimate of drug-likeness (QED) is 0.503. The van der Waals surface area contributed by atoms with Gasteiger partial charge in [0.25, 0.3) is 0 Å². The average molecular weight is 381 g/mol. The summed E-state index contributed by atoms with van der Waals surface area (Å²) >= 11 is 0. The van der Waals surface area contributed by atoms with E-state index < -0.39 is 29.6 Å². The molecule has 0 saturated heterocycles. The number of hydrogen-bond donors (Lipinski definition) is 0. The largest absolute Gasteiger partial charge is 0.465 e. The minimum absolute atomic E-state index is 0.163. The molecule has 0 aromatic carbocycles. The van der Waals surface area contributed by atoms with Crippen molar-refractivity contribution < 1.29 is 27.1 Å². The molecule has 0 radical (unpaired) electrons. The maximum atomic E-state index is 15.1. The molecule has 0 spiro atoms. The molecule has 1 atom stereocenters. The molecule has 0 aliphatic heterocycles. The molecule has 0 fully saturated rings. The predicted octanol–water partition coefficient (Wildman–Crippen LogP) is 4.16. The van der Waals surface area contributed by atoms with Gasteiger partial charge in [-0.15, -0.1) is 0 Å². The van der Waals surface area contributed by atoms with Crippen LogP contribution in [0.2, 0.25) is 0 Å². The molecule has 3 heterocycles. The zero-order valence-corrected chi connectivity index (χ0v) is 14.4. The first-order chi connectivity index (χ1) is 12.8. The Bertz CT molecular complexity index is 998. The zero-order valence-electron chi connectivity index (χ0n) is 14.4. The summed E-state index contributed by atoms with van der Waals surface area (Å²) in [6.45, 7) is 1.73. The van der Waals surface area contributed by atoms with Gasteiger partial charge in [-0.25, -0.2) is 14.2 Å². The van der Waals surface area contributed by atoms with Gasteiger partial charge in [0, 0.05) is 18.1 Å². The number of alkyl halides is 4. The number of hydrogen-bond acceptors (Lipinski definition) is 4. The van der Waals surface area contributed by atoms with Crippen LogP contribution in [0.15, 0.2) is 36.7 Å². The van der Waals surface area contributed by atoms with Crippen LogP contribution in [0.25, 0.3) is 5.65 Å². The fraction of sp³-hybridized carbons (Fsp3) is 0.278. The van der Waals surface area contributed by atoms with E-state index in [4.69, 9.17) is 0 Å².